The van der Waals surface area contributed by atoms with Crippen LogP contribution in [0, 0.1) is 11.3 Å². The molecule has 0 radical (unpaired) electrons. The number of aromatic amines is 1. The van der Waals surface area contributed by atoms with Crippen molar-refractivity contribution in [1.82, 2.24) is 15.5 Å². The zero-order valence-corrected chi connectivity index (χ0v) is 12.2. The van der Waals surface area contributed by atoms with Gasteiger partial charge in [0.15, 0.2) is 0 Å². The molecule has 21 heavy (non-hydrogen) atoms. The van der Waals surface area contributed by atoms with E-state index in [0.29, 0.717) is 12.0 Å². The summed E-state index contributed by atoms with van der Waals surface area (Å²) in [6.07, 6.45) is 6.27. The first-order valence-electron chi connectivity index (χ1n) is 7.37. The average molecular weight is 283 g/mol. The van der Waals surface area contributed by atoms with E-state index >= 15 is 0 Å². The van der Waals surface area contributed by atoms with Gasteiger partial charge in [-0.2, -0.15) is 5.10 Å². The van der Waals surface area contributed by atoms with E-state index in [1.807, 2.05) is 12.3 Å². The van der Waals surface area contributed by atoms with Crippen molar-refractivity contribution >= 4 is 11.9 Å². The van der Waals surface area contributed by atoms with Crippen molar-refractivity contribution in [3.63, 3.8) is 0 Å². The Bertz CT molecular complexity index is 605. The smallest absolute Gasteiger partial charge is 0.0565 e. The number of hydrogen-bond acceptors (Lipinski definition) is 4. The second kappa shape index (κ2) is 6.10. The van der Waals surface area contributed by atoms with Crippen LogP contribution in [0.2, 0.25) is 0 Å². The van der Waals surface area contributed by atoms with E-state index < -0.39 is 0 Å². The summed E-state index contributed by atoms with van der Waals surface area (Å²) in [6, 6.07) is 6.75. The van der Waals surface area contributed by atoms with Gasteiger partial charge < -0.3 is 16.0 Å². The summed E-state index contributed by atoms with van der Waals surface area (Å²) in [6.45, 7) is 4.24. The quantitative estimate of drug-likeness (QED) is 0.637. The van der Waals surface area contributed by atoms with E-state index in [1.54, 1.807) is 6.20 Å². The van der Waals surface area contributed by atoms with Gasteiger partial charge in [0.05, 0.1) is 6.20 Å². The Labute approximate surface area is 124 Å². The summed E-state index contributed by atoms with van der Waals surface area (Å²) in [5.41, 5.74) is 4.05. The molecule has 5 nitrogen and oxygen atoms in total. The highest BCUT2D eigenvalue weighted by molar-refractivity contribution is 5.88. The van der Waals surface area contributed by atoms with Gasteiger partial charge in [-0.05, 0) is 43.5 Å². The lowest BCUT2D eigenvalue weighted by atomic mass is 10.0. The molecule has 1 aromatic heterocycles. The minimum Gasteiger partial charge on any atom is -0.384 e. The van der Waals surface area contributed by atoms with Crippen LogP contribution in [0.25, 0.3) is 11.1 Å². The first kappa shape index (κ1) is 13.8. The molecular weight excluding hydrogens is 262 g/mol. The third kappa shape index (κ3) is 3.13. The lowest BCUT2D eigenvalue weighted by Crippen LogP contribution is -2.19. The van der Waals surface area contributed by atoms with Crippen LogP contribution in [-0.4, -0.2) is 35.5 Å². The van der Waals surface area contributed by atoms with E-state index in [4.69, 9.17) is 5.41 Å². The maximum atomic E-state index is 7.63. The SMILES string of the molecule is C[C@H]1CC(CNc2ccc(-c3cn[nH]c3)cc2C=N)CN1. The fourth-order valence-electron chi connectivity index (χ4n) is 2.88. The minimum atomic E-state index is 0.613. The summed E-state index contributed by atoms with van der Waals surface area (Å²) in [5, 5.41) is 21.4. The average Bonchev–Trinajstić information content (AvgIpc) is 3.16. The van der Waals surface area contributed by atoms with Crippen LogP contribution < -0.4 is 10.6 Å². The molecule has 0 bridgehead atoms. The van der Waals surface area contributed by atoms with Crippen molar-refractivity contribution < 1.29 is 0 Å². The van der Waals surface area contributed by atoms with Gasteiger partial charge >= 0.3 is 0 Å². The number of rotatable bonds is 5. The second-order valence-electron chi connectivity index (χ2n) is 5.73. The lowest BCUT2D eigenvalue weighted by Gasteiger charge is -2.14. The van der Waals surface area contributed by atoms with Crippen LogP contribution in [0.4, 0.5) is 5.69 Å². The summed E-state index contributed by atoms with van der Waals surface area (Å²) in [5.74, 6) is 0.659. The Morgan fingerprint density at radius 1 is 1.43 bits per heavy atom. The van der Waals surface area contributed by atoms with Gasteiger partial charge in [-0.15, -0.1) is 0 Å². The molecule has 110 valence electrons. The maximum absolute atomic E-state index is 7.63. The van der Waals surface area contributed by atoms with E-state index in [0.717, 1.165) is 35.5 Å². The normalized spacial score (nSPS) is 21.4. The molecule has 1 aliphatic rings. The van der Waals surface area contributed by atoms with Crippen LogP contribution in [-0.2, 0) is 0 Å². The van der Waals surface area contributed by atoms with Gasteiger partial charge in [0.1, 0.15) is 0 Å². The molecule has 2 heterocycles. The number of anilines is 1. The van der Waals surface area contributed by atoms with E-state index in [2.05, 4.69) is 39.9 Å². The Hall–Kier alpha value is -2.14. The first-order chi connectivity index (χ1) is 10.3. The number of hydrogen-bond donors (Lipinski definition) is 4. The topological polar surface area (TPSA) is 76.6 Å². The predicted molar refractivity (Wildman–Crippen MR) is 86.0 cm³/mol. The monoisotopic (exact) mass is 283 g/mol. The fraction of sp³-hybridized carbons (Fsp3) is 0.375. The van der Waals surface area contributed by atoms with Gasteiger partial charge in [-0.25, -0.2) is 0 Å². The van der Waals surface area contributed by atoms with Crippen LogP contribution in [0.5, 0.6) is 0 Å². The highest BCUT2D eigenvalue weighted by atomic mass is 15.1. The molecule has 0 spiro atoms. The molecule has 5 heteroatoms. The van der Waals surface area contributed by atoms with Gasteiger partial charge in [-0.3, -0.25) is 5.10 Å². The molecular formula is C16H21N5. The molecule has 0 amide bonds. The highest BCUT2D eigenvalue weighted by Gasteiger charge is 2.20. The number of benzene rings is 1. The third-order valence-corrected chi connectivity index (χ3v) is 4.06. The fourth-order valence-corrected chi connectivity index (χ4v) is 2.88. The molecule has 1 fully saturated rings. The molecule has 1 saturated heterocycles. The molecule has 1 aromatic carbocycles. The Morgan fingerprint density at radius 2 is 2.33 bits per heavy atom. The van der Waals surface area contributed by atoms with E-state index in [9.17, 15) is 0 Å². The van der Waals surface area contributed by atoms with Crippen molar-refractivity contribution in [2.75, 3.05) is 18.4 Å². The van der Waals surface area contributed by atoms with Crippen molar-refractivity contribution in [2.45, 2.75) is 19.4 Å². The number of H-pyrrole nitrogens is 1. The largest absolute Gasteiger partial charge is 0.384 e. The first-order valence-corrected chi connectivity index (χ1v) is 7.37. The van der Waals surface area contributed by atoms with Crippen molar-refractivity contribution in [3.05, 3.63) is 36.2 Å². The number of nitrogens with zero attached hydrogens (tertiary/aromatic N) is 1. The van der Waals surface area contributed by atoms with E-state index in [1.165, 1.54) is 12.6 Å². The summed E-state index contributed by atoms with van der Waals surface area (Å²) in [4.78, 5) is 0. The van der Waals surface area contributed by atoms with Gasteiger partial charge in [-0.1, -0.05) is 6.07 Å². The predicted octanol–water partition coefficient (Wildman–Crippen LogP) is 2.48. The molecule has 1 unspecified atom stereocenters. The standard InChI is InChI=1S/C16H21N5/c1-11-4-12(7-18-11)8-19-16-3-2-13(5-14(16)6-17)15-9-20-21-10-15/h2-3,5-6,9-12,17-19H,4,7-8H2,1H3,(H,20,21)/t11-,12?/m0/s1. The molecule has 3 rings (SSSR count). The van der Waals surface area contributed by atoms with Crippen molar-refractivity contribution in [2.24, 2.45) is 5.92 Å². The molecule has 0 saturated carbocycles. The molecule has 2 aromatic rings. The van der Waals surface area contributed by atoms with E-state index in [-0.39, 0.29) is 0 Å². The van der Waals surface area contributed by atoms with Crippen LogP contribution >= 0.6 is 0 Å². The third-order valence-electron chi connectivity index (χ3n) is 4.06. The van der Waals surface area contributed by atoms with Crippen LogP contribution in [0.15, 0.2) is 30.6 Å². The minimum absolute atomic E-state index is 0.613. The number of nitrogens with one attached hydrogen (secondary N) is 4. The summed E-state index contributed by atoms with van der Waals surface area (Å²) >= 11 is 0. The molecule has 0 aliphatic carbocycles. The zero-order valence-electron chi connectivity index (χ0n) is 12.2. The Kier molecular flexibility index (Phi) is 4.01. The Balaban J connectivity index is 1.72. The van der Waals surface area contributed by atoms with Gasteiger partial charge in [0.25, 0.3) is 0 Å². The highest BCUT2D eigenvalue weighted by Crippen LogP contribution is 2.24. The van der Waals surface area contributed by atoms with Gasteiger partial charge in [0.2, 0.25) is 0 Å². The summed E-state index contributed by atoms with van der Waals surface area (Å²) in [7, 11) is 0. The Morgan fingerprint density at radius 3 is 3.00 bits per heavy atom. The number of aromatic nitrogens is 2. The van der Waals surface area contributed by atoms with Crippen molar-refractivity contribution in [3.8, 4) is 11.1 Å². The molecule has 2 atom stereocenters. The molecule has 4 N–H and O–H groups in total. The van der Waals surface area contributed by atoms with Crippen LogP contribution in [0.3, 0.4) is 0 Å². The molecule has 1 aliphatic heterocycles. The maximum Gasteiger partial charge on any atom is 0.0565 e. The zero-order chi connectivity index (χ0) is 14.7. The van der Waals surface area contributed by atoms with Gasteiger partial charge in [0, 0.05) is 41.8 Å². The van der Waals surface area contributed by atoms with Crippen LogP contribution in [0.1, 0.15) is 18.9 Å². The lowest BCUT2D eigenvalue weighted by molar-refractivity contribution is 0.596. The second-order valence-corrected chi connectivity index (χ2v) is 5.73. The van der Waals surface area contributed by atoms with Crippen molar-refractivity contribution in [1.29, 1.82) is 5.41 Å². The summed E-state index contributed by atoms with van der Waals surface area (Å²) < 4.78 is 0.